The van der Waals surface area contributed by atoms with E-state index in [0.29, 0.717) is 0 Å². The highest BCUT2D eigenvalue weighted by molar-refractivity contribution is 6.29. The number of carbonyl (C=O) groups is 1. The second-order valence-electron chi connectivity index (χ2n) is 1.92. The average Bonchev–Trinajstić information content (AvgIpc) is 2.16. The minimum Gasteiger partial charge on any atom is -0.464 e. The Kier molecular flexibility index (Phi) is 2.04. The van der Waals surface area contributed by atoms with Crippen molar-refractivity contribution < 1.29 is 10.9 Å². The van der Waals surface area contributed by atoms with Gasteiger partial charge in [-0.25, -0.2) is 4.79 Å². The second-order valence-corrected chi connectivity index (χ2v) is 2.31. The van der Waals surface area contributed by atoms with Crippen LogP contribution in [0.1, 0.15) is 10.5 Å². The van der Waals surface area contributed by atoms with Crippen LogP contribution in [0.15, 0.2) is 6.07 Å². The van der Waals surface area contributed by atoms with Crippen LogP contribution in [0.25, 0.3) is 0 Å². The van der Waals surface area contributed by atoms with Gasteiger partial charge in [0, 0.05) is 6.07 Å². The van der Waals surface area contributed by atoms with Crippen molar-refractivity contribution in [3.63, 3.8) is 0 Å². The monoisotopic (exact) mass is 188 g/mol. The minimum absolute atomic E-state index is 0.0677. The summed E-state index contributed by atoms with van der Waals surface area (Å²) in [5.41, 5.74) is 2.11. The van der Waals surface area contributed by atoms with E-state index in [2.05, 4.69) is 14.9 Å². The van der Waals surface area contributed by atoms with Gasteiger partial charge < -0.3 is 10.5 Å². The van der Waals surface area contributed by atoms with Gasteiger partial charge in [0.15, 0.2) is 12.3 Å². The number of anilines is 1. The molecule has 0 fully saturated rings. The third-order valence-corrected chi connectivity index (χ3v) is 1.33. The zero-order chi connectivity index (χ0) is 9.84. The predicted molar refractivity (Wildman–Crippen MR) is 42.8 cm³/mol. The molecule has 1 aromatic heterocycles. The molecule has 0 spiro atoms. The van der Waals surface area contributed by atoms with E-state index in [0.717, 1.165) is 0 Å². The Hall–Kier alpha value is -1.36. The van der Waals surface area contributed by atoms with Crippen LogP contribution in [0.4, 0.5) is 5.69 Å². The molecule has 0 aliphatic heterocycles. The Labute approximate surface area is 75.0 Å². The molecule has 0 unspecified atom stereocenters. The Balaban J connectivity index is 3.13. The van der Waals surface area contributed by atoms with Crippen LogP contribution in [0, 0.1) is 0 Å². The molecule has 6 heteroatoms. The van der Waals surface area contributed by atoms with Gasteiger partial charge in [0.2, 0.25) is 0 Å². The Morgan fingerprint density at radius 3 is 3.17 bits per heavy atom. The fourth-order valence-electron chi connectivity index (χ4n) is 0.615. The fraction of sp³-hybridized carbons (Fsp3) is 0.167. The molecule has 0 aliphatic rings. The summed E-state index contributed by atoms with van der Waals surface area (Å²) < 4.78 is 11.3. The van der Waals surface area contributed by atoms with Crippen molar-refractivity contribution in [2.75, 3.05) is 12.8 Å². The number of ether oxygens (including phenoxy) is 1. The first-order chi connectivity index (χ1) is 6.19. The van der Waals surface area contributed by atoms with Gasteiger partial charge in [0.25, 0.3) is 0 Å². The Bertz CT molecular complexity index is 334. The van der Waals surface area contributed by atoms with Crippen LogP contribution in [-0.2, 0) is 4.74 Å². The zero-order valence-corrected chi connectivity index (χ0v) is 6.92. The highest BCUT2D eigenvalue weighted by Gasteiger charge is 2.12. The highest BCUT2D eigenvalue weighted by atomic mass is 35.5. The zero-order valence-electron chi connectivity index (χ0n) is 7.17. The van der Waals surface area contributed by atoms with Crippen molar-refractivity contribution in [1.29, 1.82) is 0 Å². The maximum Gasteiger partial charge on any atom is 0.360 e. The normalized spacial score (nSPS) is 10.3. The third-order valence-electron chi connectivity index (χ3n) is 1.14. The molecule has 0 aliphatic carbocycles. The van der Waals surface area contributed by atoms with E-state index >= 15 is 0 Å². The quantitative estimate of drug-likeness (QED) is 0.684. The number of rotatable bonds is 2. The van der Waals surface area contributed by atoms with E-state index in [-0.39, 0.29) is 16.5 Å². The molecule has 5 nitrogen and oxygen atoms in total. The summed E-state index contributed by atoms with van der Waals surface area (Å²) in [6.07, 6.45) is 0. The van der Waals surface area contributed by atoms with E-state index in [1.54, 1.807) is 0 Å². The number of nitrogens with zero attached hydrogens (tertiary/aromatic N) is 2. The Morgan fingerprint density at radius 2 is 2.58 bits per heavy atom. The molecule has 0 aromatic carbocycles. The molecule has 1 aromatic rings. The number of nitrogens with two attached hydrogens (primary N) is 1. The molecule has 0 bridgehead atoms. The smallest absolute Gasteiger partial charge is 0.360 e. The third kappa shape index (κ3) is 1.62. The van der Waals surface area contributed by atoms with E-state index < -0.39 is 5.97 Å². The molecule has 0 saturated heterocycles. The summed E-state index contributed by atoms with van der Waals surface area (Å²) in [6.45, 7) is 0. The topological polar surface area (TPSA) is 78.1 Å². The number of halogens is 1. The summed E-state index contributed by atoms with van der Waals surface area (Å²) in [4.78, 5) is 11.0. The maximum atomic E-state index is 11.0. The number of hydrogen-bond acceptors (Lipinski definition) is 5. The average molecular weight is 189 g/mol. The number of hydrogen-bond donors (Lipinski definition) is 1. The molecule has 1 heterocycles. The van der Waals surface area contributed by atoms with Crippen LogP contribution >= 0.6 is 11.6 Å². The van der Waals surface area contributed by atoms with E-state index in [1.165, 1.54) is 13.2 Å². The molecular formula is C6H6ClN3O2. The van der Waals surface area contributed by atoms with Crippen LogP contribution < -0.4 is 5.73 Å². The van der Waals surface area contributed by atoms with Crippen LogP contribution in [0.2, 0.25) is 6.56 Å². The highest BCUT2D eigenvalue weighted by Crippen LogP contribution is 2.12. The molecule has 0 atom stereocenters. The SMILES string of the molecule is [2H]Nc1cc(Cl)nnc1C(=O)OC. The molecule has 0 radical (unpaired) electrons. The number of carbonyl (C=O) groups excluding carboxylic acids is 1. The summed E-state index contributed by atoms with van der Waals surface area (Å²) >= 11 is 5.49. The van der Waals surface area contributed by atoms with Crippen molar-refractivity contribution in [3.8, 4) is 0 Å². The molecule has 64 valence electrons. The molecule has 12 heavy (non-hydrogen) atoms. The van der Waals surface area contributed by atoms with Crippen molar-refractivity contribution in [3.05, 3.63) is 16.9 Å². The van der Waals surface area contributed by atoms with Gasteiger partial charge in [-0.05, 0) is 0 Å². The van der Waals surface area contributed by atoms with Gasteiger partial charge in [0.05, 0.1) is 12.8 Å². The maximum absolute atomic E-state index is 11.0. The molecule has 0 saturated carbocycles. The first-order valence-electron chi connectivity index (χ1n) is 3.48. The van der Waals surface area contributed by atoms with Crippen LogP contribution in [0.3, 0.4) is 0 Å². The van der Waals surface area contributed by atoms with Crippen molar-refractivity contribution >= 4 is 23.3 Å². The lowest BCUT2D eigenvalue weighted by atomic mass is 10.3. The van der Waals surface area contributed by atoms with E-state index in [1.807, 2.05) is 5.73 Å². The van der Waals surface area contributed by atoms with Gasteiger partial charge in [-0.2, -0.15) is 0 Å². The second kappa shape index (κ2) is 3.36. The lowest BCUT2D eigenvalue weighted by molar-refractivity contribution is 0.0594. The first kappa shape index (κ1) is 7.30. The Morgan fingerprint density at radius 1 is 1.83 bits per heavy atom. The summed E-state index contributed by atoms with van der Waals surface area (Å²) in [5, 5.41) is 7.03. The summed E-state index contributed by atoms with van der Waals surface area (Å²) in [5.74, 6) is -0.668. The lowest BCUT2D eigenvalue weighted by Gasteiger charge is -2.00. The molecular weight excluding hydrogens is 182 g/mol. The number of esters is 1. The largest absolute Gasteiger partial charge is 0.464 e. The number of nitrogen functional groups attached to an aromatic ring is 1. The fourth-order valence-corrected chi connectivity index (χ4v) is 0.762. The lowest BCUT2D eigenvalue weighted by Crippen LogP contribution is -2.09. The predicted octanol–water partition coefficient (Wildman–Crippen LogP) is 0.499. The number of aromatic nitrogens is 2. The van der Waals surface area contributed by atoms with Crippen molar-refractivity contribution in [2.45, 2.75) is 0 Å². The molecule has 2 N–H and O–H groups in total. The van der Waals surface area contributed by atoms with Gasteiger partial charge in [0.1, 0.15) is 0 Å². The van der Waals surface area contributed by atoms with Crippen molar-refractivity contribution in [2.24, 2.45) is 0 Å². The first-order valence-corrected chi connectivity index (χ1v) is 3.36. The van der Waals surface area contributed by atoms with Gasteiger partial charge in [-0.1, -0.05) is 11.6 Å². The van der Waals surface area contributed by atoms with Gasteiger partial charge in [-0.15, -0.1) is 10.2 Å². The van der Waals surface area contributed by atoms with Crippen LogP contribution in [-0.4, -0.2) is 23.3 Å². The van der Waals surface area contributed by atoms with Gasteiger partial charge >= 0.3 is 5.97 Å². The minimum atomic E-state index is -0.668. The van der Waals surface area contributed by atoms with Crippen LogP contribution in [0.5, 0.6) is 0 Å². The standard InChI is InChI=1S/C6H6ClN3O2/c1-12-6(11)5-3(8)2-4(7)9-10-5/h2H,1H3,(H2,8,9)/i/hD. The molecule has 0 amide bonds. The summed E-state index contributed by atoms with van der Waals surface area (Å²) in [6, 6.07) is 1.31. The van der Waals surface area contributed by atoms with Crippen molar-refractivity contribution in [1.82, 2.24) is 10.2 Å². The summed E-state index contributed by atoms with van der Waals surface area (Å²) in [7, 11) is 1.21. The van der Waals surface area contributed by atoms with E-state index in [9.17, 15) is 4.79 Å². The van der Waals surface area contributed by atoms with E-state index in [4.69, 9.17) is 13.0 Å². The van der Waals surface area contributed by atoms with Gasteiger partial charge in [-0.3, -0.25) is 0 Å². The molecule has 1 rings (SSSR count). The number of methoxy groups -OCH3 is 1.